The van der Waals surface area contributed by atoms with Gasteiger partial charge in [-0.15, -0.1) is 0 Å². The van der Waals surface area contributed by atoms with Crippen molar-refractivity contribution in [2.75, 3.05) is 18.0 Å². The number of carbonyl (C=O) groups excluding carboxylic acids is 4. The number of amides is 4. The third-order valence-corrected chi connectivity index (χ3v) is 7.63. The van der Waals surface area contributed by atoms with Crippen molar-refractivity contribution in [2.24, 2.45) is 12.8 Å². The van der Waals surface area contributed by atoms with Gasteiger partial charge in [-0.1, -0.05) is 24.3 Å². The number of carbonyl (C=O) groups is 4. The summed E-state index contributed by atoms with van der Waals surface area (Å²) in [5, 5.41) is 11.7. The average molecular weight is 577 g/mol. The molecule has 2 aromatic heterocycles. The van der Waals surface area contributed by atoms with Gasteiger partial charge in [0.1, 0.15) is 24.8 Å². The van der Waals surface area contributed by atoms with Gasteiger partial charge in [0, 0.05) is 37.7 Å². The number of allylic oxidation sites excluding steroid dienone is 4. The van der Waals surface area contributed by atoms with Crippen LogP contribution >= 0.6 is 0 Å². The first-order valence-corrected chi connectivity index (χ1v) is 13.8. The van der Waals surface area contributed by atoms with E-state index in [1.165, 1.54) is 14.5 Å². The van der Waals surface area contributed by atoms with Crippen molar-refractivity contribution < 1.29 is 23.6 Å². The number of aromatic nitrogens is 4. The summed E-state index contributed by atoms with van der Waals surface area (Å²) in [7, 11) is 1.74. The quantitative estimate of drug-likeness (QED) is 0.390. The van der Waals surface area contributed by atoms with Gasteiger partial charge in [0.15, 0.2) is 11.5 Å². The maximum absolute atomic E-state index is 14.6. The molecule has 3 N–H and O–H groups in total. The fourth-order valence-electron chi connectivity index (χ4n) is 5.58. The Morgan fingerprint density at radius 2 is 1.98 bits per heavy atom. The molecular formula is C29H33FN8O4. The van der Waals surface area contributed by atoms with Crippen LogP contribution < -0.4 is 16.0 Å². The first kappa shape index (κ1) is 28.7. The second-order valence-electron chi connectivity index (χ2n) is 10.4. The van der Waals surface area contributed by atoms with Gasteiger partial charge >= 0.3 is 0 Å². The minimum absolute atomic E-state index is 0.00636. The predicted molar refractivity (Wildman–Crippen MR) is 154 cm³/mol. The van der Waals surface area contributed by atoms with Crippen LogP contribution in [-0.2, 0) is 28.0 Å². The van der Waals surface area contributed by atoms with Crippen molar-refractivity contribution in [3.8, 4) is 0 Å². The molecule has 3 aromatic rings. The van der Waals surface area contributed by atoms with Crippen molar-refractivity contribution >= 4 is 45.9 Å². The standard InChI is InChI=1S/C29H33FN8O4/c1-4-6-17(5-2)18-7-8-22-20(13-18)26(27(31)40)34-38(22)16-25(39)37-15-19(30)14-23(37)28(41)32-21-9-12-36(29(21)42)24-10-11-35(3)33-24/h4-8,10-11,13,19,21,23H,9,12,14-16H2,1-3H3,(H2,31,40)(H,32,41)/b6-4-,17-5+/t19-,21?,23+/m1/s1. The van der Waals surface area contributed by atoms with E-state index in [9.17, 15) is 23.6 Å². The van der Waals surface area contributed by atoms with E-state index < -0.39 is 36.0 Å². The van der Waals surface area contributed by atoms with Crippen molar-refractivity contribution in [3.05, 3.63) is 59.9 Å². The summed E-state index contributed by atoms with van der Waals surface area (Å²) in [6.45, 7) is 3.57. The molecule has 42 heavy (non-hydrogen) atoms. The van der Waals surface area contributed by atoms with Crippen LogP contribution in [0.15, 0.2) is 48.7 Å². The lowest BCUT2D eigenvalue weighted by Crippen LogP contribution is -2.51. The highest BCUT2D eigenvalue weighted by Crippen LogP contribution is 2.27. The largest absolute Gasteiger partial charge is 0.364 e. The van der Waals surface area contributed by atoms with Crippen molar-refractivity contribution in [1.82, 2.24) is 29.8 Å². The normalized spacial score (nSPS) is 21.2. The zero-order valence-electron chi connectivity index (χ0n) is 23.7. The van der Waals surface area contributed by atoms with Crippen LogP contribution in [0.4, 0.5) is 10.2 Å². The van der Waals surface area contributed by atoms with Crippen LogP contribution in [0.3, 0.4) is 0 Å². The molecule has 220 valence electrons. The molecule has 13 heteroatoms. The van der Waals surface area contributed by atoms with E-state index in [0.29, 0.717) is 29.7 Å². The molecule has 3 atom stereocenters. The van der Waals surface area contributed by atoms with Crippen LogP contribution in [0.1, 0.15) is 42.7 Å². The van der Waals surface area contributed by atoms with Gasteiger partial charge in [-0.05, 0) is 43.5 Å². The Morgan fingerprint density at radius 1 is 1.19 bits per heavy atom. The molecule has 4 heterocycles. The Morgan fingerprint density at radius 3 is 2.64 bits per heavy atom. The third kappa shape index (κ3) is 5.41. The van der Waals surface area contributed by atoms with E-state index in [-0.39, 0.29) is 31.1 Å². The Hall–Kier alpha value is -4.81. The molecule has 12 nitrogen and oxygen atoms in total. The zero-order chi connectivity index (χ0) is 30.1. The van der Waals surface area contributed by atoms with Crippen molar-refractivity contribution in [1.29, 1.82) is 0 Å². The highest BCUT2D eigenvalue weighted by molar-refractivity contribution is 6.05. The number of rotatable bonds is 8. The molecule has 2 aliphatic heterocycles. The number of hydrogen-bond donors (Lipinski definition) is 2. The second-order valence-corrected chi connectivity index (χ2v) is 10.4. The zero-order valence-corrected chi connectivity index (χ0v) is 23.7. The Kier molecular flexibility index (Phi) is 7.92. The molecule has 0 spiro atoms. The minimum atomic E-state index is -1.40. The number of halogens is 1. The maximum atomic E-state index is 14.6. The third-order valence-electron chi connectivity index (χ3n) is 7.63. The number of likely N-dealkylation sites (tertiary alicyclic amines) is 1. The van der Waals surface area contributed by atoms with Gasteiger partial charge in [0.25, 0.3) is 11.8 Å². The van der Waals surface area contributed by atoms with Crippen LogP contribution in [-0.4, -0.2) is 79.4 Å². The molecule has 2 saturated heterocycles. The van der Waals surface area contributed by atoms with Gasteiger partial charge in [-0.25, -0.2) is 4.39 Å². The average Bonchev–Trinajstić information content (AvgIpc) is 3.73. The first-order valence-electron chi connectivity index (χ1n) is 13.8. The van der Waals surface area contributed by atoms with Crippen LogP contribution in [0.25, 0.3) is 16.5 Å². The topological polar surface area (TPSA) is 148 Å². The lowest BCUT2D eigenvalue weighted by Gasteiger charge is -2.25. The van der Waals surface area contributed by atoms with Crippen LogP contribution in [0.5, 0.6) is 0 Å². The molecule has 2 fully saturated rings. The first-order chi connectivity index (χ1) is 20.1. The molecular weight excluding hydrogens is 543 g/mol. The summed E-state index contributed by atoms with van der Waals surface area (Å²) in [5.74, 6) is -1.72. The van der Waals surface area contributed by atoms with Crippen LogP contribution in [0.2, 0.25) is 0 Å². The Balaban J connectivity index is 1.33. The Bertz CT molecular complexity index is 1620. The fourth-order valence-corrected chi connectivity index (χ4v) is 5.58. The lowest BCUT2D eigenvalue weighted by atomic mass is 10.0. The number of aryl methyl sites for hydroxylation is 1. The SMILES string of the molecule is C/C=C\C(=C/C)c1ccc2c(c1)c(C(N)=O)nn2CC(=O)N1C[C@H](F)C[C@H]1C(=O)NC1CCN(c2ccn(C)n2)C1=O. The van der Waals surface area contributed by atoms with Gasteiger partial charge in [-0.2, -0.15) is 10.2 Å². The van der Waals surface area contributed by atoms with Gasteiger partial charge < -0.3 is 16.0 Å². The maximum Gasteiger partial charge on any atom is 0.269 e. The number of primary amides is 1. The number of anilines is 1. The molecule has 4 amide bonds. The van der Waals surface area contributed by atoms with E-state index in [1.54, 1.807) is 36.1 Å². The fraction of sp³-hybridized carbons (Fsp3) is 0.379. The summed E-state index contributed by atoms with van der Waals surface area (Å²) >= 11 is 0. The molecule has 1 aromatic carbocycles. The van der Waals surface area contributed by atoms with Crippen molar-refractivity contribution in [3.63, 3.8) is 0 Å². The second kappa shape index (κ2) is 11.6. The number of nitrogens with zero attached hydrogens (tertiary/aromatic N) is 6. The highest BCUT2D eigenvalue weighted by Gasteiger charge is 2.42. The molecule has 0 radical (unpaired) electrons. The van der Waals surface area contributed by atoms with Crippen molar-refractivity contribution in [2.45, 2.75) is 51.5 Å². The summed E-state index contributed by atoms with van der Waals surface area (Å²) in [5.41, 5.74) is 7.89. The molecule has 5 rings (SSSR count). The smallest absolute Gasteiger partial charge is 0.269 e. The van der Waals surface area contributed by atoms with Crippen LogP contribution in [0, 0.1) is 0 Å². The van der Waals surface area contributed by atoms with E-state index >= 15 is 0 Å². The number of nitrogens with one attached hydrogen (secondary N) is 1. The highest BCUT2D eigenvalue weighted by atomic mass is 19.1. The number of alkyl halides is 1. The van der Waals surface area contributed by atoms with Gasteiger partial charge in [0.05, 0.1) is 12.1 Å². The summed E-state index contributed by atoms with van der Waals surface area (Å²) < 4.78 is 17.5. The summed E-state index contributed by atoms with van der Waals surface area (Å²) in [4.78, 5) is 54.5. The number of benzene rings is 1. The number of hydrogen-bond acceptors (Lipinski definition) is 6. The van der Waals surface area contributed by atoms with E-state index in [4.69, 9.17) is 5.73 Å². The monoisotopic (exact) mass is 576 g/mol. The molecule has 0 saturated carbocycles. The number of nitrogens with two attached hydrogens (primary N) is 1. The minimum Gasteiger partial charge on any atom is -0.364 e. The summed E-state index contributed by atoms with van der Waals surface area (Å²) in [6, 6.07) is 5.19. The molecule has 1 unspecified atom stereocenters. The Labute approximate surface area is 241 Å². The van der Waals surface area contributed by atoms with E-state index in [1.807, 2.05) is 38.1 Å². The lowest BCUT2D eigenvalue weighted by molar-refractivity contribution is -0.139. The molecule has 2 aliphatic rings. The number of fused-ring (bicyclic) bond motifs is 1. The van der Waals surface area contributed by atoms with Gasteiger partial charge in [0.2, 0.25) is 11.8 Å². The van der Waals surface area contributed by atoms with E-state index in [2.05, 4.69) is 15.5 Å². The molecule has 0 bridgehead atoms. The summed E-state index contributed by atoms with van der Waals surface area (Å²) in [6.07, 6.45) is 6.25. The van der Waals surface area contributed by atoms with E-state index in [0.717, 1.165) is 11.1 Å². The predicted octanol–water partition coefficient (Wildman–Crippen LogP) is 1.71. The molecule has 0 aliphatic carbocycles. The van der Waals surface area contributed by atoms with Gasteiger partial charge in [-0.3, -0.25) is 33.4 Å².